The minimum Gasteiger partial charge on any atom is -0.493 e. The van der Waals surface area contributed by atoms with Crippen molar-refractivity contribution in [2.45, 2.75) is 64.3 Å². The van der Waals surface area contributed by atoms with Crippen molar-refractivity contribution in [3.8, 4) is 11.5 Å². The van der Waals surface area contributed by atoms with Crippen LogP contribution in [0.3, 0.4) is 0 Å². The van der Waals surface area contributed by atoms with Crippen LogP contribution in [0, 0.1) is 0 Å². The molecule has 0 fully saturated rings. The molecule has 2 bridgehead atoms. The molecule has 0 saturated heterocycles. The molecule has 0 radical (unpaired) electrons. The van der Waals surface area contributed by atoms with E-state index < -0.39 is 6.10 Å². The summed E-state index contributed by atoms with van der Waals surface area (Å²) in [6, 6.07) is 4.03. The molecule has 154 valence electrons. The van der Waals surface area contributed by atoms with E-state index >= 15 is 0 Å². The molecule has 0 aliphatic carbocycles. The molecule has 1 aromatic carbocycles. The second kappa shape index (κ2) is 8.53. The number of carbonyl (C=O) groups excluding carboxylic acids is 1. The molecule has 1 aromatic rings. The molecule has 2 atom stereocenters. The Morgan fingerprint density at radius 3 is 2.89 bits per heavy atom. The number of hydrogen-bond acceptors (Lipinski definition) is 5. The molecule has 6 heteroatoms. The van der Waals surface area contributed by atoms with Crippen LogP contribution in [0.15, 0.2) is 24.3 Å². The number of benzene rings is 1. The largest absolute Gasteiger partial charge is 0.493 e. The van der Waals surface area contributed by atoms with Crippen molar-refractivity contribution in [1.29, 1.82) is 0 Å². The van der Waals surface area contributed by atoms with Crippen LogP contribution in [0.5, 0.6) is 11.5 Å². The zero-order valence-electron chi connectivity index (χ0n) is 17.3. The van der Waals surface area contributed by atoms with Gasteiger partial charge < -0.3 is 19.9 Å². The molecule has 0 spiro atoms. The molecule has 0 aromatic heterocycles. The third-order valence-electron chi connectivity index (χ3n) is 5.05. The molecule has 6 nitrogen and oxygen atoms in total. The fourth-order valence-electron chi connectivity index (χ4n) is 3.81. The first kappa shape index (κ1) is 20.7. The zero-order chi connectivity index (χ0) is 20.3. The molecule has 2 aliphatic heterocycles. The maximum absolute atomic E-state index is 12.2. The van der Waals surface area contributed by atoms with Gasteiger partial charge in [0.15, 0.2) is 11.5 Å². The Bertz CT molecular complexity index is 739. The second-order valence-electron chi connectivity index (χ2n) is 8.69. The number of nitrogens with zero attached hydrogens (tertiary/aromatic N) is 1. The van der Waals surface area contributed by atoms with E-state index in [1.807, 2.05) is 39.0 Å². The molecule has 2 aliphatic rings. The highest BCUT2D eigenvalue weighted by atomic mass is 16.5. The predicted molar refractivity (Wildman–Crippen MR) is 109 cm³/mol. The van der Waals surface area contributed by atoms with Crippen molar-refractivity contribution >= 4 is 5.91 Å². The van der Waals surface area contributed by atoms with E-state index in [2.05, 4.69) is 16.3 Å². The first-order valence-corrected chi connectivity index (χ1v) is 9.98. The van der Waals surface area contributed by atoms with E-state index in [1.54, 1.807) is 7.11 Å². The molecule has 2 N–H and O–H groups in total. The summed E-state index contributed by atoms with van der Waals surface area (Å²) in [6.45, 7) is 8.02. The van der Waals surface area contributed by atoms with Crippen LogP contribution >= 0.6 is 0 Å². The first-order valence-electron chi connectivity index (χ1n) is 9.98. The Kier molecular flexibility index (Phi) is 6.30. The maximum atomic E-state index is 12.2. The van der Waals surface area contributed by atoms with Gasteiger partial charge in [-0.1, -0.05) is 18.2 Å². The van der Waals surface area contributed by atoms with Gasteiger partial charge in [0, 0.05) is 50.0 Å². The number of hydrogen-bond donors (Lipinski definition) is 2. The molecule has 28 heavy (non-hydrogen) atoms. The molecule has 2 heterocycles. The van der Waals surface area contributed by atoms with Gasteiger partial charge in [0.1, 0.15) is 6.10 Å². The van der Waals surface area contributed by atoms with E-state index in [4.69, 9.17) is 9.47 Å². The highest BCUT2D eigenvalue weighted by Gasteiger charge is 2.30. The fourth-order valence-corrected chi connectivity index (χ4v) is 3.81. The van der Waals surface area contributed by atoms with E-state index in [0.29, 0.717) is 25.9 Å². The number of methoxy groups -OCH3 is 1. The Hall–Kier alpha value is -2.05. The van der Waals surface area contributed by atoms with Gasteiger partial charge in [0.25, 0.3) is 0 Å². The van der Waals surface area contributed by atoms with Crippen LogP contribution in [0.2, 0.25) is 0 Å². The smallest absolute Gasteiger partial charge is 0.221 e. The summed E-state index contributed by atoms with van der Waals surface area (Å²) < 4.78 is 11.6. The molecule has 1 unspecified atom stereocenters. The molecular weight excluding hydrogens is 356 g/mol. The minimum absolute atomic E-state index is 0.0474. The summed E-state index contributed by atoms with van der Waals surface area (Å²) in [5.74, 6) is 1.58. The van der Waals surface area contributed by atoms with Gasteiger partial charge >= 0.3 is 0 Å². The lowest BCUT2D eigenvalue weighted by Crippen LogP contribution is -2.42. The third kappa shape index (κ3) is 5.26. The number of nitrogens with one attached hydrogen (secondary N) is 1. The molecule has 0 saturated carbocycles. The van der Waals surface area contributed by atoms with Crippen LogP contribution in [0.25, 0.3) is 0 Å². The quantitative estimate of drug-likeness (QED) is 0.775. The van der Waals surface area contributed by atoms with Gasteiger partial charge in [0.2, 0.25) is 5.91 Å². The number of carbonyl (C=O) groups is 1. The average Bonchev–Trinajstić information content (AvgIpc) is 3.00. The summed E-state index contributed by atoms with van der Waals surface area (Å²) in [6.07, 6.45) is 4.99. The molecular formula is C22H32N2O4. The summed E-state index contributed by atoms with van der Waals surface area (Å²) in [5, 5.41) is 13.3. The van der Waals surface area contributed by atoms with E-state index in [-0.39, 0.29) is 17.6 Å². The van der Waals surface area contributed by atoms with E-state index in [9.17, 15) is 9.90 Å². The Morgan fingerprint density at radius 1 is 1.39 bits per heavy atom. The van der Waals surface area contributed by atoms with Gasteiger partial charge in [0.05, 0.1) is 13.2 Å². The number of aliphatic hydroxyl groups is 1. The number of rotatable bonds is 4. The SMILES string of the molecule is COc1ccc2c3c1OC(C3)C[C@@H](O)/C=C/CN(CCC(=O)NC(C)(C)C)C2. The highest BCUT2D eigenvalue weighted by Crippen LogP contribution is 2.41. The van der Waals surface area contributed by atoms with Crippen LogP contribution in [-0.4, -0.2) is 53.9 Å². The van der Waals surface area contributed by atoms with Crippen molar-refractivity contribution in [2.75, 3.05) is 20.2 Å². The lowest BCUT2D eigenvalue weighted by molar-refractivity contribution is -0.122. The van der Waals surface area contributed by atoms with Crippen molar-refractivity contribution in [3.63, 3.8) is 0 Å². The van der Waals surface area contributed by atoms with Crippen LogP contribution in [0.1, 0.15) is 44.7 Å². The van der Waals surface area contributed by atoms with Gasteiger partial charge in [-0.2, -0.15) is 0 Å². The highest BCUT2D eigenvalue weighted by molar-refractivity contribution is 5.76. The van der Waals surface area contributed by atoms with Crippen molar-refractivity contribution in [3.05, 3.63) is 35.4 Å². The lowest BCUT2D eigenvalue weighted by atomic mass is 10.00. The zero-order valence-corrected chi connectivity index (χ0v) is 17.3. The van der Waals surface area contributed by atoms with Gasteiger partial charge in [-0.15, -0.1) is 0 Å². The maximum Gasteiger partial charge on any atom is 0.221 e. The number of aliphatic hydroxyl groups excluding tert-OH is 1. The summed E-state index contributed by atoms with van der Waals surface area (Å²) in [4.78, 5) is 14.5. The molecule has 1 amide bonds. The van der Waals surface area contributed by atoms with Gasteiger partial charge in [-0.25, -0.2) is 0 Å². The Morgan fingerprint density at radius 2 is 2.18 bits per heavy atom. The number of ether oxygens (including phenoxy) is 2. The Balaban J connectivity index is 1.79. The lowest BCUT2D eigenvalue weighted by Gasteiger charge is -2.24. The number of fused-ring (bicyclic) bond motifs is 1. The Labute approximate surface area is 167 Å². The normalized spacial score (nSPS) is 23.5. The predicted octanol–water partition coefficient (Wildman–Crippen LogP) is 2.43. The van der Waals surface area contributed by atoms with Crippen molar-refractivity contribution in [2.24, 2.45) is 0 Å². The monoisotopic (exact) mass is 388 g/mol. The third-order valence-corrected chi connectivity index (χ3v) is 5.05. The van der Waals surface area contributed by atoms with Gasteiger partial charge in [-0.3, -0.25) is 9.69 Å². The summed E-state index contributed by atoms with van der Waals surface area (Å²) >= 11 is 0. The van der Waals surface area contributed by atoms with E-state index in [0.717, 1.165) is 30.0 Å². The van der Waals surface area contributed by atoms with Crippen molar-refractivity contribution < 1.29 is 19.4 Å². The fraction of sp³-hybridized carbons (Fsp3) is 0.591. The summed E-state index contributed by atoms with van der Waals surface area (Å²) in [5.41, 5.74) is 2.12. The standard InChI is InChI=1S/C22H32N2O4/c1-22(2,3)23-20(26)9-11-24-10-5-6-16(25)12-17-13-18-15(14-24)7-8-19(27-4)21(18)28-17/h5-8,16-17,25H,9-14H2,1-4H3,(H,23,26)/b6-5+/t16-,17?/m0/s1. The van der Waals surface area contributed by atoms with E-state index in [1.165, 1.54) is 5.56 Å². The van der Waals surface area contributed by atoms with Crippen LogP contribution in [-0.2, 0) is 17.8 Å². The first-order chi connectivity index (χ1) is 13.2. The second-order valence-corrected chi connectivity index (χ2v) is 8.69. The number of amides is 1. The van der Waals surface area contributed by atoms with Gasteiger partial charge in [-0.05, 0) is 32.4 Å². The molecule has 3 rings (SSSR count). The van der Waals surface area contributed by atoms with Crippen LogP contribution < -0.4 is 14.8 Å². The van der Waals surface area contributed by atoms with Crippen LogP contribution in [0.4, 0.5) is 0 Å². The topological polar surface area (TPSA) is 71.0 Å². The summed E-state index contributed by atoms with van der Waals surface area (Å²) in [7, 11) is 1.65. The van der Waals surface area contributed by atoms with Crippen molar-refractivity contribution in [1.82, 2.24) is 10.2 Å². The minimum atomic E-state index is -0.544. The average molecular weight is 389 g/mol.